The van der Waals surface area contributed by atoms with Crippen LogP contribution in [0.3, 0.4) is 0 Å². The number of hydrogen-bond donors (Lipinski definition) is 2. The second-order valence-electron chi connectivity index (χ2n) is 6.65. The number of ether oxygens (including phenoxy) is 1. The number of benzene rings is 1. The molecule has 140 valence electrons. The number of anilines is 1. The molecule has 0 fully saturated rings. The predicted molar refractivity (Wildman–Crippen MR) is 99.9 cm³/mol. The summed E-state index contributed by atoms with van der Waals surface area (Å²) in [7, 11) is -3.98. The van der Waals surface area contributed by atoms with E-state index in [1.54, 1.807) is 12.1 Å². The maximum absolute atomic E-state index is 12.8. The van der Waals surface area contributed by atoms with E-state index in [1.807, 2.05) is 27.7 Å². The Morgan fingerprint density at radius 1 is 1.19 bits per heavy atom. The van der Waals surface area contributed by atoms with Crippen molar-refractivity contribution < 1.29 is 17.9 Å². The second kappa shape index (κ2) is 7.74. The summed E-state index contributed by atoms with van der Waals surface area (Å²) in [6, 6.07) is 7.58. The van der Waals surface area contributed by atoms with Crippen molar-refractivity contribution in [2.75, 3.05) is 11.3 Å². The number of carbonyl (C=O) groups excluding carboxylic acids is 1. The first-order chi connectivity index (χ1) is 12.1. The minimum absolute atomic E-state index is 0.0730. The summed E-state index contributed by atoms with van der Waals surface area (Å²) >= 11 is 0. The number of sulfonamides is 1. The number of hydrogen-bond acceptors (Lipinski definition) is 5. The molecule has 26 heavy (non-hydrogen) atoms. The molecule has 1 heterocycles. The number of amides is 1. The molecule has 0 saturated carbocycles. The molecule has 0 bridgehead atoms. The van der Waals surface area contributed by atoms with Gasteiger partial charge in [-0.2, -0.15) is 0 Å². The van der Waals surface area contributed by atoms with Crippen LogP contribution in [0.15, 0.2) is 47.6 Å². The van der Waals surface area contributed by atoms with E-state index in [9.17, 15) is 13.2 Å². The third-order valence-electron chi connectivity index (χ3n) is 3.19. The summed E-state index contributed by atoms with van der Waals surface area (Å²) < 4.78 is 33.4. The smallest absolute Gasteiger partial charge is 0.262 e. The fraction of sp³-hybridized carbons (Fsp3) is 0.333. The van der Waals surface area contributed by atoms with Gasteiger partial charge in [0.05, 0.1) is 30.3 Å². The molecule has 2 N–H and O–H groups in total. The molecule has 2 rings (SSSR count). The zero-order valence-corrected chi connectivity index (χ0v) is 16.1. The predicted octanol–water partition coefficient (Wildman–Crippen LogP) is 2.81. The Kier molecular flexibility index (Phi) is 5.86. The lowest BCUT2D eigenvalue weighted by atomic mass is 10.1. The van der Waals surface area contributed by atoms with E-state index in [4.69, 9.17) is 4.74 Å². The largest absolute Gasteiger partial charge is 0.492 e. The first-order valence-electron chi connectivity index (χ1n) is 8.14. The molecule has 1 aromatic carbocycles. The zero-order valence-electron chi connectivity index (χ0n) is 15.2. The van der Waals surface area contributed by atoms with Crippen molar-refractivity contribution in [1.29, 1.82) is 0 Å². The lowest BCUT2D eigenvalue weighted by molar-refractivity contribution is 0.0916. The molecular weight excluding hydrogens is 354 g/mol. The van der Waals surface area contributed by atoms with Crippen molar-refractivity contribution in [1.82, 2.24) is 10.3 Å². The van der Waals surface area contributed by atoms with Crippen LogP contribution in [0.5, 0.6) is 5.75 Å². The number of carbonyl (C=O) groups is 1. The van der Waals surface area contributed by atoms with Crippen LogP contribution in [-0.2, 0) is 10.0 Å². The molecule has 7 nitrogen and oxygen atoms in total. The molecule has 0 aliphatic carbocycles. The van der Waals surface area contributed by atoms with E-state index in [1.165, 1.54) is 30.6 Å². The van der Waals surface area contributed by atoms with E-state index in [-0.39, 0.29) is 16.1 Å². The van der Waals surface area contributed by atoms with E-state index in [0.29, 0.717) is 12.4 Å². The van der Waals surface area contributed by atoms with E-state index >= 15 is 0 Å². The Morgan fingerprint density at radius 3 is 2.54 bits per heavy atom. The summed E-state index contributed by atoms with van der Waals surface area (Å²) in [5, 5.41) is 2.77. The fourth-order valence-electron chi connectivity index (χ4n) is 2.23. The average molecular weight is 377 g/mol. The van der Waals surface area contributed by atoms with Gasteiger partial charge in [-0.1, -0.05) is 12.1 Å². The highest BCUT2D eigenvalue weighted by Gasteiger charge is 2.24. The van der Waals surface area contributed by atoms with Gasteiger partial charge in [0.25, 0.3) is 15.9 Å². The SMILES string of the molecule is CCOc1cncc(NS(=O)(=O)c2ccccc2C(=O)NC(C)(C)C)c1. The Balaban J connectivity index is 2.35. The molecule has 0 atom stereocenters. The van der Waals surface area contributed by atoms with Crippen LogP contribution in [0.25, 0.3) is 0 Å². The summed E-state index contributed by atoms with van der Waals surface area (Å²) in [4.78, 5) is 16.3. The standard InChI is InChI=1S/C18H23N3O4S/c1-5-25-14-10-13(11-19-12-14)21-26(23,24)16-9-7-6-8-15(16)17(22)20-18(2,3)4/h6-12,21H,5H2,1-4H3,(H,20,22). The Hall–Kier alpha value is -2.61. The highest BCUT2D eigenvalue weighted by molar-refractivity contribution is 7.92. The average Bonchev–Trinajstić information content (AvgIpc) is 2.53. The third-order valence-corrected chi connectivity index (χ3v) is 4.63. The van der Waals surface area contributed by atoms with Gasteiger partial charge in [-0.25, -0.2) is 8.42 Å². The van der Waals surface area contributed by atoms with Gasteiger partial charge in [-0.15, -0.1) is 0 Å². The lowest BCUT2D eigenvalue weighted by Crippen LogP contribution is -2.41. The van der Waals surface area contributed by atoms with Gasteiger partial charge in [-0.05, 0) is 39.8 Å². The van der Waals surface area contributed by atoms with Gasteiger partial charge in [0.2, 0.25) is 0 Å². The molecule has 1 amide bonds. The van der Waals surface area contributed by atoms with Crippen LogP contribution in [0, 0.1) is 0 Å². The highest BCUT2D eigenvalue weighted by atomic mass is 32.2. The van der Waals surface area contributed by atoms with E-state index in [2.05, 4.69) is 15.0 Å². The highest BCUT2D eigenvalue weighted by Crippen LogP contribution is 2.22. The molecule has 0 saturated heterocycles. The number of nitrogens with zero attached hydrogens (tertiary/aromatic N) is 1. The van der Waals surface area contributed by atoms with Crippen molar-refractivity contribution in [3.05, 3.63) is 48.3 Å². The molecule has 0 aliphatic rings. The molecular formula is C18H23N3O4S. The van der Waals surface area contributed by atoms with Crippen molar-refractivity contribution in [2.45, 2.75) is 38.1 Å². The third kappa shape index (κ3) is 5.19. The van der Waals surface area contributed by atoms with Crippen LogP contribution in [0.1, 0.15) is 38.1 Å². The minimum Gasteiger partial charge on any atom is -0.492 e. The van der Waals surface area contributed by atoms with Crippen molar-refractivity contribution in [2.24, 2.45) is 0 Å². The summed E-state index contributed by atoms with van der Waals surface area (Å²) in [6.07, 6.45) is 2.87. The van der Waals surface area contributed by atoms with Gasteiger partial charge >= 0.3 is 0 Å². The summed E-state index contributed by atoms with van der Waals surface area (Å²) in [5.41, 5.74) is -0.164. The number of pyridine rings is 1. The first kappa shape index (κ1) is 19.7. The van der Waals surface area contributed by atoms with Gasteiger partial charge in [0, 0.05) is 11.6 Å². The molecule has 0 radical (unpaired) electrons. The van der Waals surface area contributed by atoms with Crippen LogP contribution in [0.4, 0.5) is 5.69 Å². The van der Waals surface area contributed by atoms with Crippen LogP contribution in [0.2, 0.25) is 0 Å². The molecule has 0 unspecified atom stereocenters. The maximum Gasteiger partial charge on any atom is 0.262 e. The summed E-state index contributed by atoms with van der Waals surface area (Å²) in [5.74, 6) is -0.00821. The Morgan fingerprint density at radius 2 is 1.88 bits per heavy atom. The minimum atomic E-state index is -3.98. The monoisotopic (exact) mass is 377 g/mol. The Labute approximate surface area is 153 Å². The fourth-order valence-corrected chi connectivity index (χ4v) is 3.47. The second-order valence-corrected chi connectivity index (χ2v) is 8.30. The number of nitrogens with one attached hydrogen (secondary N) is 2. The normalized spacial score (nSPS) is 11.7. The molecule has 2 aromatic rings. The lowest BCUT2D eigenvalue weighted by Gasteiger charge is -2.21. The quantitative estimate of drug-likeness (QED) is 0.807. The maximum atomic E-state index is 12.8. The first-order valence-corrected chi connectivity index (χ1v) is 9.63. The summed E-state index contributed by atoms with van der Waals surface area (Å²) in [6.45, 7) is 7.73. The Bertz CT molecular complexity index is 889. The van der Waals surface area contributed by atoms with Crippen molar-refractivity contribution in [3.8, 4) is 5.75 Å². The number of aromatic nitrogens is 1. The number of rotatable bonds is 6. The van der Waals surface area contributed by atoms with Crippen LogP contribution < -0.4 is 14.8 Å². The molecule has 1 aromatic heterocycles. The van der Waals surface area contributed by atoms with Gasteiger partial charge < -0.3 is 10.1 Å². The van der Waals surface area contributed by atoms with Gasteiger partial charge in [0.15, 0.2) is 0 Å². The van der Waals surface area contributed by atoms with Crippen LogP contribution in [-0.4, -0.2) is 31.5 Å². The van der Waals surface area contributed by atoms with Gasteiger partial charge in [-0.3, -0.25) is 14.5 Å². The van der Waals surface area contributed by atoms with E-state index in [0.717, 1.165) is 0 Å². The molecule has 0 spiro atoms. The van der Waals surface area contributed by atoms with Gasteiger partial charge in [0.1, 0.15) is 10.6 Å². The van der Waals surface area contributed by atoms with Crippen LogP contribution >= 0.6 is 0 Å². The zero-order chi connectivity index (χ0) is 19.4. The molecule has 0 aliphatic heterocycles. The van der Waals surface area contributed by atoms with Crippen molar-refractivity contribution in [3.63, 3.8) is 0 Å². The van der Waals surface area contributed by atoms with Crippen molar-refractivity contribution >= 4 is 21.6 Å². The topological polar surface area (TPSA) is 97.4 Å². The molecule has 8 heteroatoms. The van der Waals surface area contributed by atoms with E-state index < -0.39 is 21.5 Å².